The predicted octanol–water partition coefficient (Wildman–Crippen LogP) is 4.28. The van der Waals surface area contributed by atoms with Crippen molar-refractivity contribution in [2.75, 3.05) is 39.6 Å². The Morgan fingerprint density at radius 3 is 2.26 bits per heavy atom. The van der Waals surface area contributed by atoms with E-state index in [4.69, 9.17) is 35.3 Å². The van der Waals surface area contributed by atoms with Gasteiger partial charge in [0.05, 0.1) is 24.8 Å². The smallest absolute Gasteiger partial charge is 0.251 e. The van der Waals surface area contributed by atoms with Crippen molar-refractivity contribution in [2.24, 2.45) is 0 Å². The fourth-order valence-corrected chi connectivity index (χ4v) is 3.54. The van der Waals surface area contributed by atoms with Crippen LogP contribution in [0.1, 0.15) is 36.7 Å². The third-order valence-electron chi connectivity index (χ3n) is 4.53. The normalized spacial score (nSPS) is 12.3. The SMILES string of the molecule is CCOc1cc(C(=O)NCCc2cc(Cl)c3c(c2)OCCO3)cc(OCC)c1OCC. The van der Waals surface area contributed by atoms with Crippen LogP contribution >= 0.6 is 11.6 Å². The number of ether oxygens (including phenoxy) is 5. The van der Waals surface area contributed by atoms with Crippen molar-refractivity contribution < 1.29 is 28.5 Å². The fourth-order valence-electron chi connectivity index (χ4n) is 3.25. The Kier molecular flexibility index (Phi) is 8.12. The third kappa shape index (κ3) is 5.67. The quantitative estimate of drug-likeness (QED) is 0.583. The number of fused-ring (bicyclic) bond motifs is 1. The fraction of sp³-hybridized carbons (Fsp3) is 0.435. The average molecular weight is 450 g/mol. The van der Waals surface area contributed by atoms with Crippen molar-refractivity contribution in [3.8, 4) is 28.7 Å². The second-order valence-electron chi connectivity index (χ2n) is 6.71. The molecular formula is C23H28ClNO6. The molecule has 8 heteroatoms. The van der Waals surface area contributed by atoms with Crippen LogP contribution in [0.25, 0.3) is 0 Å². The molecule has 0 fully saturated rings. The highest BCUT2D eigenvalue weighted by atomic mass is 35.5. The molecule has 0 radical (unpaired) electrons. The zero-order valence-electron chi connectivity index (χ0n) is 18.1. The van der Waals surface area contributed by atoms with E-state index in [1.54, 1.807) is 12.1 Å². The minimum atomic E-state index is -0.228. The van der Waals surface area contributed by atoms with Crippen molar-refractivity contribution in [2.45, 2.75) is 27.2 Å². The number of carbonyl (C=O) groups excluding carboxylic acids is 1. The third-order valence-corrected chi connectivity index (χ3v) is 4.81. The van der Waals surface area contributed by atoms with Crippen molar-refractivity contribution >= 4 is 17.5 Å². The molecule has 2 aromatic rings. The summed E-state index contributed by atoms with van der Waals surface area (Å²) in [5.74, 6) is 2.46. The lowest BCUT2D eigenvalue weighted by molar-refractivity contribution is 0.0953. The molecular weight excluding hydrogens is 422 g/mol. The molecule has 0 saturated carbocycles. The summed E-state index contributed by atoms with van der Waals surface area (Å²) in [7, 11) is 0. The molecule has 2 aromatic carbocycles. The van der Waals surface area contributed by atoms with Crippen LogP contribution in [0.2, 0.25) is 5.02 Å². The van der Waals surface area contributed by atoms with Gasteiger partial charge in [0.25, 0.3) is 5.91 Å². The number of hydrogen-bond donors (Lipinski definition) is 1. The highest BCUT2D eigenvalue weighted by molar-refractivity contribution is 6.32. The van der Waals surface area contributed by atoms with Gasteiger partial charge in [-0.25, -0.2) is 0 Å². The van der Waals surface area contributed by atoms with Crippen LogP contribution in [0.15, 0.2) is 24.3 Å². The number of nitrogens with one attached hydrogen (secondary N) is 1. The molecule has 1 amide bonds. The molecule has 0 aromatic heterocycles. The zero-order chi connectivity index (χ0) is 22.2. The number of carbonyl (C=O) groups is 1. The van der Waals surface area contributed by atoms with Gasteiger partial charge < -0.3 is 29.0 Å². The van der Waals surface area contributed by atoms with Crippen molar-refractivity contribution in [3.63, 3.8) is 0 Å². The molecule has 31 heavy (non-hydrogen) atoms. The summed E-state index contributed by atoms with van der Waals surface area (Å²) >= 11 is 6.29. The molecule has 0 aliphatic carbocycles. The lowest BCUT2D eigenvalue weighted by Gasteiger charge is -2.20. The van der Waals surface area contributed by atoms with Crippen LogP contribution in [0.3, 0.4) is 0 Å². The van der Waals surface area contributed by atoms with Crippen LogP contribution in [0.5, 0.6) is 28.7 Å². The second kappa shape index (κ2) is 11.0. The van der Waals surface area contributed by atoms with Gasteiger partial charge in [0.15, 0.2) is 23.0 Å². The Hall–Kier alpha value is -2.80. The monoisotopic (exact) mass is 449 g/mol. The first-order valence-electron chi connectivity index (χ1n) is 10.5. The minimum Gasteiger partial charge on any atom is -0.490 e. The Balaban J connectivity index is 1.70. The molecule has 3 rings (SSSR count). The van der Waals surface area contributed by atoms with E-state index in [9.17, 15) is 4.79 Å². The topological polar surface area (TPSA) is 75.3 Å². The molecule has 1 aliphatic rings. The van der Waals surface area contributed by atoms with E-state index in [1.807, 2.05) is 32.9 Å². The molecule has 168 valence electrons. The number of benzene rings is 2. The number of amides is 1. The summed E-state index contributed by atoms with van der Waals surface area (Å²) in [5.41, 5.74) is 1.39. The molecule has 7 nitrogen and oxygen atoms in total. The first-order valence-corrected chi connectivity index (χ1v) is 10.9. The maximum absolute atomic E-state index is 12.8. The van der Waals surface area contributed by atoms with Gasteiger partial charge >= 0.3 is 0 Å². The summed E-state index contributed by atoms with van der Waals surface area (Å²) in [4.78, 5) is 12.8. The summed E-state index contributed by atoms with van der Waals surface area (Å²) in [6, 6.07) is 7.07. The number of hydrogen-bond acceptors (Lipinski definition) is 6. The van der Waals surface area contributed by atoms with E-state index < -0.39 is 0 Å². The summed E-state index contributed by atoms with van der Waals surface area (Å²) in [6.07, 6.45) is 0.593. The summed E-state index contributed by atoms with van der Waals surface area (Å²) in [5, 5.41) is 3.44. The van der Waals surface area contributed by atoms with Crippen LogP contribution in [-0.4, -0.2) is 45.5 Å². The maximum atomic E-state index is 12.8. The van der Waals surface area contributed by atoms with Crippen molar-refractivity contribution in [3.05, 3.63) is 40.4 Å². The molecule has 1 N–H and O–H groups in total. The number of halogens is 1. The van der Waals surface area contributed by atoms with Gasteiger partial charge in [0.1, 0.15) is 13.2 Å². The van der Waals surface area contributed by atoms with E-state index in [-0.39, 0.29) is 5.91 Å². The van der Waals surface area contributed by atoms with Crippen molar-refractivity contribution in [1.82, 2.24) is 5.32 Å². The van der Waals surface area contributed by atoms with Gasteiger partial charge in [0, 0.05) is 12.1 Å². The Morgan fingerprint density at radius 1 is 0.968 bits per heavy atom. The van der Waals surface area contributed by atoms with Crippen LogP contribution in [0, 0.1) is 0 Å². The van der Waals surface area contributed by atoms with E-state index in [0.717, 1.165) is 5.56 Å². The van der Waals surface area contributed by atoms with Crippen molar-refractivity contribution in [1.29, 1.82) is 0 Å². The van der Waals surface area contributed by atoms with E-state index in [1.165, 1.54) is 0 Å². The molecule has 0 saturated heterocycles. The van der Waals surface area contributed by atoms with Crippen LogP contribution in [-0.2, 0) is 6.42 Å². The molecule has 0 bridgehead atoms. The van der Waals surface area contributed by atoms with Gasteiger partial charge in [-0.1, -0.05) is 11.6 Å². The molecule has 1 aliphatic heterocycles. The van der Waals surface area contributed by atoms with E-state index in [2.05, 4.69) is 5.32 Å². The van der Waals surface area contributed by atoms with Gasteiger partial charge in [-0.2, -0.15) is 0 Å². The summed E-state index contributed by atoms with van der Waals surface area (Å²) in [6.45, 7) is 8.39. The molecule has 1 heterocycles. The standard InChI is InChI=1S/C23H28ClNO6/c1-4-27-19-13-16(14-20(28-5-2)22(19)29-6-3)23(26)25-8-7-15-11-17(24)21-18(12-15)30-9-10-31-21/h11-14H,4-10H2,1-3H3,(H,25,26). The van der Waals surface area contributed by atoms with E-state index >= 15 is 0 Å². The van der Waals surface area contributed by atoms with Crippen LogP contribution < -0.4 is 29.0 Å². The van der Waals surface area contributed by atoms with Gasteiger partial charge in [0.2, 0.25) is 5.75 Å². The lowest BCUT2D eigenvalue weighted by Crippen LogP contribution is -2.26. The second-order valence-corrected chi connectivity index (χ2v) is 7.12. The van der Waals surface area contributed by atoms with Gasteiger partial charge in [-0.3, -0.25) is 4.79 Å². The first kappa shape index (κ1) is 22.9. The zero-order valence-corrected chi connectivity index (χ0v) is 18.8. The Labute approximate surface area is 187 Å². The maximum Gasteiger partial charge on any atom is 0.251 e. The average Bonchev–Trinajstić information content (AvgIpc) is 2.76. The Morgan fingerprint density at radius 2 is 1.61 bits per heavy atom. The summed E-state index contributed by atoms with van der Waals surface area (Å²) < 4.78 is 28.2. The van der Waals surface area contributed by atoms with E-state index in [0.29, 0.717) is 85.3 Å². The van der Waals surface area contributed by atoms with Gasteiger partial charge in [-0.15, -0.1) is 0 Å². The highest BCUT2D eigenvalue weighted by Crippen LogP contribution is 2.40. The largest absolute Gasteiger partial charge is 0.490 e. The molecule has 0 unspecified atom stereocenters. The van der Waals surface area contributed by atoms with Gasteiger partial charge in [-0.05, 0) is 57.0 Å². The lowest BCUT2D eigenvalue weighted by atomic mass is 10.1. The molecule has 0 spiro atoms. The minimum absolute atomic E-state index is 0.228. The number of rotatable bonds is 10. The Bertz CT molecular complexity index is 890. The molecule has 0 atom stereocenters. The predicted molar refractivity (Wildman–Crippen MR) is 118 cm³/mol. The first-order chi connectivity index (χ1) is 15.1. The van der Waals surface area contributed by atoms with Crippen LogP contribution in [0.4, 0.5) is 0 Å². The highest BCUT2D eigenvalue weighted by Gasteiger charge is 2.19.